The minimum Gasteiger partial charge on any atom is -0.343 e. The van der Waals surface area contributed by atoms with E-state index < -0.39 is 0 Å². The van der Waals surface area contributed by atoms with Crippen LogP contribution in [0, 0.1) is 0 Å². The Balaban J connectivity index is 1.37. The molecule has 0 aliphatic carbocycles. The Kier molecular flexibility index (Phi) is 5.64. The number of fused-ring (bicyclic) bond motifs is 2. The van der Waals surface area contributed by atoms with Gasteiger partial charge in [-0.3, -0.25) is 0 Å². The quantitative estimate of drug-likeness (QED) is 0.196. The predicted molar refractivity (Wildman–Crippen MR) is 149 cm³/mol. The van der Waals surface area contributed by atoms with Crippen LogP contribution in [0.25, 0.3) is 32.9 Å². The molecule has 0 aliphatic rings. The third kappa shape index (κ3) is 4.24. The molecular weight excluding hydrogens is 548 g/mol. The first-order chi connectivity index (χ1) is 16.6. The van der Waals surface area contributed by atoms with Crippen molar-refractivity contribution in [2.24, 2.45) is 0 Å². The van der Waals surface area contributed by atoms with E-state index in [1.165, 1.54) is 44.1 Å². The van der Waals surface area contributed by atoms with Gasteiger partial charge in [-0.25, -0.2) is 0 Å². The monoisotopic (exact) mass is 568 g/mol. The minimum absolute atomic E-state index is 0.848. The lowest BCUT2D eigenvalue weighted by Gasteiger charge is -2.10. The van der Waals surface area contributed by atoms with Crippen molar-refractivity contribution in [3.8, 4) is 11.1 Å². The van der Waals surface area contributed by atoms with Crippen molar-refractivity contribution < 1.29 is 0 Å². The summed E-state index contributed by atoms with van der Waals surface area (Å²) in [7, 11) is 0. The lowest BCUT2D eigenvalue weighted by molar-refractivity contribution is 0.836. The molecule has 6 aromatic rings. The average Bonchev–Trinajstić information content (AvgIpc) is 3.42. The molecule has 0 saturated heterocycles. The Morgan fingerprint density at radius 2 is 0.971 bits per heavy atom. The maximum atomic E-state index is 3.59. The molecular formula is C30H22Br2N2. The van der Waals surface area contributed by atoms with E-state index in [0.29, 0.717) is 0 Å². The van der Waals surface area contributed by atoms with Crippen LogP contribution in [-0.4, -0.2) is 9.13 Å². The average molecular weight is 570 g/mol. The van der Waals surface area contributed by atoms with E-state index in [1.807, 2.05) is 0 Å². The van der Waals surface area contributed by atoms with E-state index in [4.69, 9.17) is 0 Å². The molecule has 2 nitrogen and oxygen atoms in total. The SMILES string of the molecule is Brc1cccc(Cn2ccc3ccc(-c4ccc5ccn(Cc6cccc(Br)c6)c5c4)cc32)c1. The van der Waals surface area contributed by atoms with Crippen LogP contribution < -0.4 is 0 Å². The van der Waals surface area contributed by atoms with Gasteiger partial charge in [0.15, 0.2) is 0 Å². The van der Waals surface area contributed by atoms with Gasteiger partial charge in [0.1, 0.15) is 0 Å². The fraction of sp³-hybridized carbons (Fsp3) is 0.0667. The molecule has 0 spiro atoms. The molecule has 34 heavy (non-hydrogen) atoms. The van der Waals surface area contributed by atoms with Gasteiger partial charge in [0, 0.05) is 45.5 Å². The van der Waals surface area contributed by atoms with Crippen LogP contribution in [0.1, 0.15) is 11.1 Å². The molecule has 0 N–H and O–H groups in total. The van der Waals surface area contributed by atoms with E-state index in [-0.39, 0.29) is 0 Å². The van der Waals surface area contributed by atoms with Crippen molar-refractivity contribution in [1.29, 1.82) is 0 Å². The van der Waals surface area contributed by atoms with Crippen LogP contribution in [0.2, 0.25) is 0 Å². The highest BCUT2D eigenvalue weighted by Crippen LogP contribution is 2.29. The zero-order valence-electron chi connectivity index (χ0n) is 18.5. The lowest BCUT2D eigenvalue weighted by atomic mass is 10.0. The van der Waals surface area contributed by atoms with Gasteiger partial charge >= 0.3 is 0 Å². The third-order valence-electron chi connectivity index (χ3n) is 6.37. The normalized spacial score (nSPS) is 11.5. The fourth-order valence-corrected chi connectivity index (χ4v) is 5.56. The molecule has 2 heterocycles. The summed E-state index contributed by atoms with van der Waals surface area (Å²) in [5, 5.41) is 2.52. The summed E-state index contributed by atoms with van der Waals surface area (Å²) in [6.45, 7) is 1.70. The Morgan fingerprint density at radius 3 is 1.41 bits per heavy atom. The molecule has 6 rings (SSSR count). The first-order valence-corrected chi connectivity index (χ1v) is 12.9. The van der Waals surface area contributed by atoms with E-state index in [1.54, 1.807) is 0 Å². The summed E-state index contributed by atoms with van der Waals surface area (Å²) < 4.78 is 6.88. The Hall–Kier alpha value is -3.08. The molecule has 0 bridgehead atoms. The number of halogens is 2. The maximum absolute atomic E-state index is 3.59. The zero-order valence-corrected chi connectivity index (χ0v) is 21.6. The van der Waals surface area contributed by atoms with Gasteiger partial charge in [0.25, 0.3) is 0 Å². The molecule has 0 unspecified atom stereocenters. The number of rotatable bonds is 5. The minimum atomic E-state index is 0.848. The van der Waals surface area contributed by atoms with Gasteiger partial charge in [0.2, 0.25) is 0 Å². The van der Waals surface area contributed by atoms with Crippen LogP contribution in [-0.2, 0) is 13.1 Å². The molecule has 4 heteroatoms. The van der Waals surface area contributed by atoms with Gasteiger partial charge < -0.3 is 9.13 Å². The van der Waals surface area contributed by atoms with Gasteiger partial charge in [-0.15, -0.1) is 0 Å². The molecule has 166 valence electrons. The van der Waals surface area contributed by atoms with E-state index in [0.717, 1.165) is 22.0 Å². The lowest BCUT2D eigenvalue weighted by Crippen LogP contribution is -1.98. The summed E-state index contributed by atoms with van der Waals surface area (Å²) >= 11 is 7.18. The van der Waals surface area contributed by atoms with E-state index >= 15 is 0 Å². The molecule has 4 aromatic carbocycles. The van der Waals surface area contributed by atoms with Crippen LogP contribution >= 0.6 is 31.9 Å². The van der Waals surface area contributed by atoms with Gasteiger partial charge in [0.05, 0.1) is 0 Å². The highest BCUT2D eigenvalue weighted by atomic mass is 79.9. The van der Waals surface area contributed by atoms with Crippen LogP contribution in [0.15, 0.2) is 118 Å². The second-order valence-electron chi connectivity index (χ2n) is 8.69. The van der Waals surface area contributed by atoms with Gasteiger partial charge in [-0.05, 0) is 81.6 Å². The van der Waals surface area contributed by atoms with Crippen molar-refractivity contribution in [3.63, 3.8) is 0 Å². The number of nitrogens with zero attached hydrogens (tertiary/aromatic N) is 2. The summed E-state index contributed by atoms with van der Waals surface area (Å²) in [5.74, 6) is 0. The maximum Gasteiger partial charge on any atom is 0.0489 e. The molecule has 0 fully saturated rings. The van der Waals surface area contributed by atoms with Crippen molar-refractivity contribution in [2.75, 3.05) is 0 Å². The molecule has 2 aromatic heterocycles. The summed E-state index contributed by atoms with van der Waals surface area (Å²) in [4.78, 5) is 0. The second kappa shape index (κ2) is 8.94. The Labute approximate surface area is 215 Å². The van der Waals surface area contributed by atoms with Crippen molar-refractivity contribution >= 4 is 53.7 Å². The van der Waals surface area contributed by atoms with Crippen LogP contribution in [0.4, 0.5) is 0 Å². The topological polar surface area (TPSA) is 9.86 Å². The molecule has 0 radical (unpaired) electrons. The van der Waals surface area contributed by atoms with Crippen molar-refractivity contribution in [3.05, 3.63) is 130 Å². The summed E-state index contributed by atoms with van der Waals surface area (Å²) in [6.07, 6.45) is 4.36. The van der Waals surface area contributed by atoms with E-state index in [9.17, 15) is 0 Å². The largest absolute Gasteiger partial charge is 0.343 e. The number of benzene rings is 4. The molecule has 0 aliphatic heterocycles. The van der Waals surface area contributed by atoms with E-state index in [2.05, 4.69) is 150 Å². The zero-order chi connectivity index (χ0) is 23.1. The summed E-state index contributed by atoms with van der Waals surface area (Å²) in [6, 6.07) is 35.0. The van der Waals surface area contributed by atoms with Crippen LogP contribution in [0.3, 0.4) is 0 Å². The van der Waals surface area contributed by atoms with Crippen LogP contribution in [0.5, 0.6) is 0 Å². The standard InChI is InChI=1S/C30H22Br2N2/c31-27-5-1-3-21(15-27)19-33-13-11-23-7-9-25(17-29(23)33)26-10-8-24-12-14-34(30(24)18-26)20-22-4-2-6-28(32)16-22/h1-18H,19-20H2. The Bertz CT molecular complexity index is 1520. The highest BCUT2D eigenvalue weighted by molar-refractivity contribution is 9.10. The summed E-state index contributed by atoms with van der Waals surface area (Å²) in [5.41, 5.74) is 7.54. The smallest absolute Gasteiger partial charge is 0.0489 e. The highest BCUT2D eigenvalue weighted by Gasteiger charge is 2.08. The number of hydrogen-bond donors (Lipinski definition) is 0. The molecule has 0 saturated carbocycles. The number of aromatic nitrogens is 2. The Morgan fingerprint density at radius 1 is 0.500 bits per heavy atom. The molecule has 0 amide bonds. The van der Waals surface area contributed by atoms with Crippen molar-refractivity contribution in [2.45, 2.75) is 13.1 Å². The second-order valence-corrected chi connectivity index (χ2v) is 10.5. The van der Waals surface area contributed by atoms with Gasteiger partial charge in [-0.1, -0.05) is 80.4 Å². The third-order valence-corrected chi connectivity index (χ3v) is 7.35. The number of hydrogen-bond acceptors (Lipinski definition) is 0. The molecule has 0 atom stereocenters. The first kappa shape index (κ1) is 21.5. The van der Waals surface area contributed by atoms with Crippen molar-refractivity contribution in [1.82, 2.24) is 9.13 Å². The fourth-order valence-electron chi connectivity index (χ4n) is 4.67. The first-order valence-electron chi connectivity index (χ1n) is 11.3. The predicted octanol–water partition coefficient (Wildman–Crippen LogP) is 8.88. The van der Waals surface area contributed by atoms with Gasteiger partial charge in [-0.2, -0.15) is 0 Å².